The minimum Gasteiger partial charge on any atom is -0.372 e. The largest absolute Gasteiger partial charge is 0.372 e. The number of hydrogen-bond acceptors (Lipinski definition) is 3. The number of carbonyl (C=O) groups is 2. The van der Waals surface area contributed by atoms with Crippen molar-refractivity contribution in [2.75, 3.05) is 36.0 Å². The molecule has 0 spiro atoms. The Kier molecular flexibility index (Phi) is 8.53. The van der Waals surface area contributed by atoms with Crippen molar-refractivity contribution in [3.8, 4) is 0 Å². The maximum atomic E-state index is 12.2. The molecule has 0 aromatic heterocycles. The van der Waals surface area contributed by atoms with E-state index in [9.17, 15) is 9.59 Å². The van der Waals surface area contributed by atoms with E-state index >= 15 is 0 Å². The standard InChI is InChI=1S/C23H31N3O2/c1-4-25(5-2)21-11-13-22(14-12-21)26(19(3)27)18-16-23(28)24-17-15-20-9-7-6-8-10-20/h6-14H,4-5,15-18H2,1-3H3,(H,24,28). The summed E-state index contributed by atoms with van der Waals surface area (Å²) in [4.78, 5) is 28.1. The molecular weight excluding hydrogens is 350 g/mol. The number of benzene rings is 2. The molecule has 0 heterocycles. The zero-order valence-corrected chi connectivity index (χ0v) is 17.1. The number of amides is 2. The summed E-state index contributed by atoms with van der Waals surface area (Å²) in [5.74, 6) is -0.102. The molecule has 0 atom stereocenters. The van der Waals surface area contributed by atoms with E-state index < -0.39 is 0 Å². The number of carbonyl (C=O) groups excluding carboxylic acids is 2. The summed E-state index contributed by atoms with van der Waals surface area (Å²) in [6.07, 6.45) is 1.09. The van der Waals surface area contributed by atoms with Crippen LogP contribution in [0.15, 0.2) is 54.6 Å². The van der Waals surface area contributed by atoms with Crippen LogP contribution >= 0.6 is 0 Å². The molecule has 0 aliphatic heterocycles. The number of anilines is 2. The lowest BCUT2D eigenvalue weighted by Crippen LogP contribution is -2.34. The molecule has 0 saturated carbocycles. The van der Waals surface area contributed by atoms with E-state index in [1.54, 1.807) is 4.90 Å². The van der Waals surface area contributed by atoms with Gasteiger partial charge in [-0.3, -0.25) is 9.59 Å². The average molecular weight is 382 g/mol. The lowest BCUT2D eigenvalue weighted by molar-refractivity contribution is -0.121. The van der Waals surface area contributed by atoms with E-state index in [4.69, 9.17) is 0 Å². The molecule has 2 rings (SSSR count). The SMILES string of the molecule is CCN(CC)c1ccc(N(CCC(=O)NCCc2ccccc2)C(C)=O)cc1. The Hall–Kier alpha value is -2.82. The topological polar surface area (TPSA) is 52.6 Å². The van der Waals surface area contributed by atoms with Crippen molar-refractivity contribution in [2.45, 2.75) is 33.6 Å². The van der Waals surface area contributed by atoms with E-state index in [-0.39, 0.29) is 18.2 Å². The second-order valence-electron chi connectivity index (χ2n) is 6.69. The van der Waals surface area contributed by atoms with Crippen LogP contribution in [-0.4, -0.2) is 38.0 Å². The minimum atomic E-state index is -0.0623. The average Bonchev–Trinajstić information content (AvgIpc) is 2.70. The highest BCUT2D eigenvalue weighted by molar-refractivity contribution is 5.92. The van der Waals surface area contributed by atoms with Gasteiger partial charge in [0, 0.05) is 50.9 Å². The lowest BCUT2D eigenvalue weighted by atomic mass is 10.1. The summed E-state index contributed by atoms with van der Waals surface area (Å²) in [5.41, 5.74) is 3.15. The van der Waals surface area contributed by atoms with Crippen molar-refractivity contribution in [3.05, 3.63) is 60.2 Å². The fourth-order valence-electron chi connectivity index (χ4n) is 3.19. The van der Waals surface area contributed by atoms with Gasteiger partial charge in [-0.15, -0.1) is 0 Å². The van der Waals surface area contributed by atoms with Gasteiger partial charge in [-0.05, 0) is 50.1 Å². The second kappa shape index (κ2) is 11.1. The van der Waals surface area contributed by atoms with E-state index in [0.29, 0.717) is 13.1 Å². The molecule has 150 valence electrons. The van der Waals surface area contributed by atoms with Crippen LogP contribution in [0.4, 0.5) is 11.4 Å². The Bertz CT molecular complexity index is 740. The predicted molar refractivity (Wildman–Crippen MR) is 116 cm³/mol. The summed E-state index contributed by atoms with van der Waals surface area (Å²) < 4.78 is 0. The molecular formula is C23H31N3O2. The van der Waals surface area contributed by atoms with Gasteiger partial charge in [-0.1, -0.05) is 30.3 Å². The van der Waals surface area contributed by atoms with Crippen LogP contribution in [0, 0.1) is 0 Å². The number of hydrogen-bond donors (Lipinski definition) is 1. The molecule has 0 saturated heterocycles. The maximum Gasteiger partial charge on any atom is 0.223 e. The zero-order chi connectivity index (χ0) is 20.4. The maximum absolute atomic E-state index is 12.2. The van der Waals surface area contributed by atoms with Gasteiger partial charge in [0.15, 0.2) is 0 Å². The van der Waals surface area contributed by atoms with Gasteiger partial charge in [0.1, 0.15) is 0 Å². The van der Waals surface area contributed by atoms with Crippen molar-refractivity contribution in [1.29, 1.82) is 0 Å². The summed E-state index contributed by atoms with van der Waals surface area (Å²) in [5, 5.41) is 2.93. The highest BCUT2D eigenvalue weighted by Crippen LogP contribution is 2.21. The molecule has 0 aliphatic carbocycles. The van der Waals surface area contributed by atoms with Crippen LogP contribution in [0.5, 0.6) is 0 Å². The predicted octanol–water partition coefficient (Wildman–Crippen LogP) is 3.63. The molecule has 5 nitrogen and oxygen atoms in total. The second-order valence-corrected chi connectivity index (χ2v) is 6.69. The molecule has 2 aromatic carbocycles. The number of rotatable bonds is 10. The van der Waals surface area contributed by atoms with Crippen LogP contribution in [0.3, 0.4) is 0 Å². The quantitative estimate of drug-likeness (QED) is 0.684. The van der Waals surface area contributed by atoms with E-state index in [2.05, 4.69) is 24.1 Å². The van der Waals surface area contributed by atoms with Crippen LogP contribution < -0.4 is 15.1 Å². The summed E-state index contributed by atoms with van der Waals surface area (Å²) >= 11 is 0. The van der Waals surface area contributed by atoms with Crippen LogP contribution in [0.1, 0.15) is 32.8 Å². The fourth-order valence-corrected chi connectivity index (χ4v) is 3.19. The molecule has 0 aliphatic rings. The Balaban J connectivity index is 1.86. The van der Waals surface area contributed by atoms with Gasteiger partial charge in [0.05, 0.1) is 0 Å². The van der Waals surface area contributed by atoms with Crippen LogP contribution in [0.25, 0.3) is 0 Å². The third-order valence-electron chi connectivity index (χ3n) is 4.81. The Labute approximate surface area is 168 Å². The summed E-state index contributed by atoms with van der Waals surface area (Å²) in [7, 11) is 0. The van der Waals surface area contributed by atoms with Crippen molar-refractivity contribution in [2.24, 2.45) is 0 Å². The summed E-state index contributed by atoms with van der Waals surface area (Å²) in [6, 6.07) is 18.0. The highest BCUT2D eigenvalue weighted by atomic mass is 16.2. The molecule has 0 radical (unpaired) electrons. The third-order valence-corrected chi connectivity index (χ3v) is 4.81. The Morgan fingerprint density at radius 3 is 2.07 bits per heavy atom. The normalized spacial score (nSPS) is 10.4. The van der Waals surface area contributed by atoms with E-state index in [0.717, 1.165) is 30.9 Å². The van der Waals surface area contributed by atoms with E-state index in [1.165, 1.54) is 12.5 Å². The van der Waals surface area contributed by atoms with Gasteiger partial charge < -0.3 is 15.1 Å². The van der Waals surface area contributed by atoms with Gasteiger partial charge >= 0.3 is 0 Å². The van der Waals surface area contributed by atoms with E-state index in [1.807, 2.05) is 54.6 Å². The highest BCUT2D eigenvalue weighted by Gasteiger charge is 2.14. The fraction of sp³-hybridized carbons (Fsp3) is 0.391. The molecule has 5 heteroatoms. The van der Waals surface area contributed by atoms with Gasteiger partial charge in [-0.2, -0.15) is 0 Å². The van der Waals surface area contributed by atoms with Crippen LogP contribution in [0.2, 0.25) is 0 Å². The van der Waals surface area contributed by atoms with Gasteiger partial charge in [-0.25, -0.2) is 0 Å². The molecule has 0 unspecified atom stereocenters. The first-order valence-electron chi connectivity index (χ1n) is 9.98. The molecule has 1 N–H and O–H groups in total. The Morgan fingerprint density at radius 2 is 1.50 bits per heavy atom. The molecule has 0 fully saturated rings. The Morgan fingerprint density at radius 1 is 0.893 bits per heavy atom. The number of nitrogens with zero attached hydrogens (tertiary/aromatic N) is 2. The zero-order valence-electron chi connectivity index (χ0n) is 17.1. The van der Waals surface area contributed by atoms with Crippen LogP contribution in [-0.2, 0) is 16.0 Å². The first kappa shape index (κ1) is 21.5. The van der Waals surface area contributed by atoms with Crippen molar-refractivity contribution < 1.29 is 9.59 Å². The smallest absolute Gasteiger partial charge is 0.223 e. The molecule has 2 amide bonds. The van der Waals surface area contributed by atoms with Crippen molar-refractivity contribution >= 4 is 23.2 Å². The number of nitrogens with one attached hydrogen (secondary N) is 1. The van der Waals surface area contributed by atoms with Gasteiger partial charge in [0.2, 0.25) is 11.8 Å². The molecule has 28 heavy (non-hydrogen) atoms. The summed E-state index contributed by atoms with van der Waals surface area (Å²) in [6.45, 7) is 8.63. The lowest BCUT2D eigenvalue weighted by Gasteiger charge is -2.24. The van der Waals surface area contributed by atoms with Crippen molar-refractivity contribution in [1.82, 2.24) is 5.32 Å². The minimum absolute atomic E-state index is 0.0399. The first-order chi connectivity index (χ1) is 13.5. The van der Waals surface area contributed by atoms with Crippen molar-refractivity contribution in [3.63, 3.8) is 0 Å². The molecule has 2 aromatic rings. The monoisotopic (exact) mass is 381 g/mol. The third kappa shape index (κ3) is 6.41. The first-order valence-corrected chi connectivity index (χ1v) is 9.98. The molecule has 0 bridgehead atoms. The van der Waals surface area contributed by atoms with Gasteiger partial charge in [0.25, 0.3) is 0 Å².